The number of nitrogens with zero attached hydrogens (tertiary/aromatic N) is 5. The van der Waals surface area contributed by atoms with Crippen LogP contribution in [-0.4, -0.2) is 90.3 Å². The number of halogens is 4. The van der Waals surface area contributed by atoms with E-state index < -0.39 is 18.0 Å². The first kappa shape index (κ1) is 33.2. The number of piperazine rings is 1. The Hall–Kier alpha value is -3.79. The first-order valence-electron chi connectivity index (χ1n) is 12.3. The first-order chi connectivity index (χ1) is 18.4. The average Bonchev–Trinajstić information content (AvgIpc) is 3.69. The molecule has 3 aliphatic rings. The Kier molecular flexibility index (Phi) is 13.3. The molecular formula is C26H33F4N5O4. The fourth-order valence-corrected chi connectivity index (χ4v) is 3.64. The highest BCUT2D eigenvalue weighted by Crippen LogP contribution is 2.28. The van der Waals surface area contributed by atoms with Crippen LogP contribution in [0.2, 0.25) is 0 Å². The molecule has 9 nitrogen and oxygen atoms in total. The van der Waals surface area contributed by atoms with Crippen LogP contribution in [0.4, 0.5) is 22.4 Å². The second-order valence-electron chi connectivity index (χ2n) is 8.63. The summed E-state index contributed by atoms with van der Waals surface area (Å²) in [5.41, 5.74) is 0.850. The average molecular weight is 556 g/mol. The maximum atomic E-state index is 13.5. The van der Waals surface area contributed by atoms with Gasteiger partial charge in [-0.25, -0.2) is 19.0 Å². The highest BCUT2D eigenvalue weighted by atomic mass is 19.4. The number of allylic oxidation sites excluding steroid dienone is 1. The van der Waals surface area contributed by atoms with Crippen molar-refractivity contribution in [1.29, 1.82) is 5.26 Å². The number of carboxylic acids is 1. The van der Waals surface area contributed by atoms with Crippen LogP contribution in [0.5, 0.6) is 0 Å². The van der Waals surface area contributed by atoms with E-state index in [0.29, 0.717) is 18.9 Å². The van der Waals surface area contributed by atoms with Crippen molar-refractivity contribution in [2.75, 3.05) is 33.2 Å². The Morgan fingerprint density at radius 1 is 1.23 bits per heavy atom. The standard InChI is InChI=1S/C18H20FN5O.C4H6O.C2HF3O2.C2H6/c1-21-18(25)24-12-15-11-22(2)7-8-23(15)17(24)6-4-13-3-5-16(19)14(9-13)10-20;5-3-4-1-2-4;3-2(4,5)1(6)7;1-2/h3,5-6,9,15H,1,4,7-8,11-12H2,2H3;3-4H,1-2H2;(H,6,7);1-2H3/b17-6-;;;. The number of carbonyl (C=O) groups is 3. The number of aliphatic carboxylic acids is 1. The van der Waals surface area contributed by atoms with Gasteiger partial charge in [-0.1, -0.05) is 19.9 Å². The van der Waals surface area contributed by atoms with E-state index in [9.17, 15) is 27.2 Å². The van der Waals surface area contributed by atoms with Gasteiger partial charge in [0.25, 0.3) is 0 Å². The number of urea groups is 1. The maximum Gasteiger partial charge on any atom is 0.490 e. The lowest BCUT2D eigenvalue weighted by Gasteiger charge is -2.36. The molecule has 1 saturated carbocycles. The van der Waals surface area contributed by atoms with Crippen LogP contribution in [0.25, 0.3) is 0 Å². The first-order valence-corrected chi connectivity index (χ1v) is 12.3. The zero-order chi connectivity index (χ0) is 29.8. The highest BCUT2D eigenvalue weighted by molar-refractivity contribution is 5.81. The Bertz CT molecular complexity index is 1080. The lowest BCUT2D eigenvalue weighted by atomic mass is 10.1. The number of likely N-dealkylation sites (N-methyl/N-ethyl adjacent to an activating group) is 1. The molecule has 39 heavy (non-hydrogen) atoms. The van der Waals surface area contributed by atoms with E-state index in [-0.39, 0.29) is 17.6 Å². The van der Waals surface area contributed by atoms with Crippen molar-refractivity contribution in [1.82, 2.24) is 14.7 Å². The number of fused-ring (bicyclic) bond motifs is 1. The molecule has 0 bridgehead atoms. The van der Waals surface area contributed by atoms with E-state index in [4.69, 9.17) is 15.2 Å². The van der Waals surface area contributed by atoms with Crippen LogP contribution in [0.3, 0.4) is 0 Å². The molecule has 2 saturated heterocycles. The topological polar surface area (TPSA) is 117 Å². The molecule has 1 unspecified atom stereocenters. The van der Waals surface area contributed by atoms with Gasteiger partial charge in [-0.2, -0.15) is 18.4 Å². The van der Waals surface area contributed by atoms with E-state index >= 15 is 0 Å². The number of aldehydes is 1. The predicted octanol–water partition coefficient (Wildman–Crippen LogP) is 4.09. The number of nitriles is 1. The molecule has 2 heterocycles. The molecule has 1 N–H and O–H groups in total. The number of carbonyl (C=O) groups excluding carboxylic acids is 2. The highest BCUT2D eigenvalue weighted by Gasteiger charge is 2.39. The van der Waals surface area contributed by atoms with E-state index in [2.05, 4.69) is 28.6 Å². The van der Waals surface area contributed by atoms with Gasteiger partial charge in [-0.3, -0.25) is 4.90 Å². The van der Waals surface area contributed by atoms with Crippen molar-refractivity contribution in [3.05, 3.63) is 47.0 Å². The summed E-state index contributed by atoms with van der Waals surface area (Å²) >= 11 is 0. The molecule has 4 rings (SSSR count). The minimum absolute atomic E-state index is 0.0282. The minimum atomic E-state index is -5.08. The molecule has 0 aromatic heterocycles. The third-order valence-electron chi connectivity index (χ3n) is 5.74. The molecule has 1 aromatic rings. The molecule has 1 aliphatic carbocycles. The Balaban J connectivity index is 0.000000447. The van der Waals surface area contributed by atoms with Crippen LogP contribution >= 0.6 is 0 Å². The lowest BCUT2D eigenvalue weighted by Crippen LogP contribution is -2.48. The van der Waals surface area contributed by atoms with E-state index in [1.54, 1.807) is 17.0 Å². The molecule has 2 aliphatic heterocycles. The third kappa shape index (κ3) is 10.5. The molecular weight excluding hydrogens is 522 g/mol. The van der Waals surface area contributed by atoms with Gasteiger partial charge in [0.1, 0.15) is 24.0 Å². The lowest BCUT2D eigenvalue weighted by molar-refractivity contribution is -0.192. The summed E-state index contributed by atoms with van der Waals surface area (Å²) in [7, 11) is 2.07. The van der Waals surface area contributed by atoms with Crippen molar-refractivity contribution in [3.8, 4) is 6.07 Å². The normalized spacial score (nSPS) is 19.1. The predicted molar refractivity (Wildman–Crippen MR) is 136 cm³/mol. The number of carboxylic acid groups (broad SMARTS) is 1. The molecule has 2 amide bonds. The zero-order valence-corrected chi connectivity index (χ0v) is 22.1. The summed E-state index contributed by atoms with van der Waals surface area (Å²) in [6, 6.07) is 6.22. The fourth-order valence-electron chi connectivity index (χ4n) is 3.64. The van der Waals surface area contributed by atoms with Gasteiger partial charge in [0, 0.05) is 25.6 Å². The number of amides is 2. The number of rotatable bonds is 3. The summed E-state index contributed by atoms with van der Waals surface area (Å²) < 4.78 is 45.2. The van der Waals surface area contributed by atoms with Crippen LogP contribution < -0.4 is 0 Å². The van der Waals surface area contributed by atoms with Crippen molar-refractivity contribution < 1.29 is 37.1 Å². The minimum Gasteiger partial charge on any atom is -0.475 e. The van der Waals surface area contributed by atoms with Gasteiger partial charge in [0.2, 0.25) is 0 Å². The van der Waals surface area contributed by atoms with E-state index in [0.717, 1.165) is 50.1 Å². The number of hydrogen-bond donors (Lipinski definition) is 1. The summed E-state index contributed by atoms with van der Waals surface area (Å²) in [4.78, 5) is 40.3. The van der Waals surface area contributed by atoms with Crippen molar-refractivity contribution in [2.45, 2.75) is 45.3 Å². The van der Waals surface area contributed by atoms with Gasteiger partial charge >= 0.3 is 18.2 Å². The van der Waals surface area contributed by atoms with Crippen LogP contribution in [0.1, 0.15) is 37.8 Å². The molecule has 0 radical (unpaired) electrons. The van der Waals surface area contributed by atoms with Crippen LogP contribution in [0, 0.1) is 23.1 Å². The van der Waals surface area contributed by atoms with Gasteiger partial charge in [0.05, 0.1) is 18.2 Å². The molecule has 0 spiro atoms. The number of hydrogen-bond acceptors (Lipinski definition) is 6. The largest absolute Gasteiger partial charge is 0.490 e. The summed E-state index contributed by atoms with van der Waals surface area (Å²) in [5.74, 6) is -2.01. The Labute approximate surface area is 225 Å². The van der Waals surface area contributed by atoms with Gasteiger partial charge < -0.3 is 19.7 Å². The smallest absolute Gasteiger partial charge is 0.475 e. The summed E-state index contributed by atoms with van der Waals surface area (Å²) in [6.07, 6.45) is 0.681. The van der Waals surface area contributed by atoms with E-state index in [1.807, 2.05) is 26.0 Å². The van der Waals surface area contributed by atoms with Gasteiger partial charge in [-0.05, 0) is 56.8 Å². The number of aliphatic imine (C=N–C) groups is 1. The third-order valence-corrected chi connectivity index (χ3v) is 5.74. The van der Waals surface area contributed by atoms with Crippen molar-refractivity contribution in [3.63, 3.8) is 0 Å². The van der Waals surface area contributed by atoms with Crippen molar-refractivity contribution in [2.24, 2.45) is 10.9 Å². The van der Waals surface area contributed by atoms with Crippen LogP contribution in [0.15, 0.2) is 35.1 Å². The fraction of sp³-hybridized carbons (Fsp3) is 0.500. The van der Waals surface area contributed by atoms with Crippen LogP contribution in [-0.2, 0) is 16.0 Å². The summed E-state index contributed by atoms with van der Waals surface area (Å²) in [6.45, 7) is 10.6. The molecule has 214 valence electrons. The maximum absolute atomic E-state index is 13.5. The second-order valence-corrected chi connectivity index (χ2v) is 8.63. The quantitative estimate of drug-likeness (QED) is 0.339. The Morgan fingerprint density at radius 2 is 1.85 bits per heavy atom. The summed E-state index contributed by atoms with van der Waals surface area (Å²) in [5, 5.41) is 16.1. The molecule has 1 aromatic carbocycles. The Morgan fingerprint density at radius 3 is 2.31 bits per heavy atom. The SMILES string of the molecule is C=NC(=O)N1CC2CN(C)CCN2/C1=C/Cc1ccc(F)c(C#N)c1.CC.O=C(O)C(F)(F)F.O=CC1CC1. The second kappa shape index (κ2) is 15.6. The number of benzene rings is 1. The molecule has 1 atom stereocenters. The molecule has 13 heteroatoms. The monoisotopic (exact) mass is 555 g/mol. The van der Waals surface area contributed by atoms with Crippen molar-refractivity contribution >= 4 is 25.0 Å². The van der Waals surface area contributed by atoms with Gasteiger partial charge in [-0.15, -0.1) is 0 Å². The number of alkyl halides is 3. The molecule has 3 fully saturated rings. The zero-order valence-electron chi connectivity index (χ0n) is 22.1. The van der Waals surface area contributed by atoms with E-state index in [1.165, 1.54) is 6.07 Å². The van der Waals surface area contributed by atoms with Gasteiger partial charge in [0.15, 0.2) is 0 Å².